The highest BCUT2D eigenvalue weighted by Gasteiger charge is 1.92. The fourth-order valence-corrected chi connectivity index (χ4v) is 2.04. The Balaban J connectivity index is 2.37. The molecule has 0 bridgehead atoms. The average Bonchev–Trinajstić information content (AvgIpc) is 2.09. The van der Waals surface area contributed by atoms with Crippen LogP contribution < -0.4 is 0 Å². The Hall–Kier alpha value is 0.0500. The summed E-state index contributed by atoms with van der Waals surface area (Å²) in [5.74, 6) is 2.40. The van der Waals surface area contributed by atoms with Gasteiger partial charge in [-0.1, -0.05) is 35.0 Å². The van der Waals surface area contributed by atoms with Gasteiger partial charge in [0.15, 0.2) is 0 Å². The van der Waals surface area contributed by atoms with Gasteiger partial charge in [-0.25, -0.2) is 0 Å². The van der Waals surface area contributed by atoms with Crippen LogP contribution >= 0.6 is 27.7 Å². The van der Waals surface area contributed by atoms with Crippen molar-refractivity contribution in [1.29, 1.82) is 0 Å². The highest BCUT2D eigenvalue weighted by molar-refractivity contribution is 9.10. The van der Waals surface area contributed by atoms with Crippen LogP contribution in [0.1, 0.15) is 18.9 Å². The van der Waals surface area contributed by atoms with E-state index in [-0.39, 0.29) is 0 Å². The molecule has 2 heteroatoms. The van der Waals surface area contributed by atoms with Crippen molar-refractivity contribution in [2.45, 2.75) is 19.1 Å². The van der Waals surface area contributed by atoms with Crippen LogP contribution in [0.4, 0.5) is 0 Å². The van der Waals surface area contributed by atoms with Gasteiger partial charge in [-0.3, -0.25) is 0 Å². The van der Waals surface area contributed by atoms with Crippen LogP contribution in [-0.2, 0) is 5.75 Å². The van der Waals surface area contributed by atoms with Gasteiger partial charge in [0.05, 0.1) is 0 Å². The van der Waals surface area contributed by atoms with Crippen LogP contribution in [0.2, 0.25) is 0 Å². The van der Waals surface area contributed by atoms with Crippen LogP contribution in [0.15, 0.2) is 28.7 Å². The lowest BCUT2D eigenvalue weighted by molar-refractivity contribution is 1.10. The molecule has 0 aliphatic heterocycles. The van der Waals surface area contributed by atoms with E-state index in [0.717, 1.165) is 10.2 Å². The Morgan fingerprint density at radius 2 is 1.92 bits per heavy atom. The summed E-state index contributed by atoms with van der Waals surface area (Å²) in [6, 6.07) is 8.54. The Bertz CT molecular complexity index is 218. The Morgan fingerprint density at radius 1 is 1.25 bits per heavy atom. The molecule has 0 aliphatic carbocycles. The maximum atomic E-state index is 3.42. The van der Waals surface area contributed by atoms with E-state index in [1.54, 1.807) is 0 Å². The molecule has 0 atom stereocenters. The Morgan fingerprint density at radius 3 is 2.50 bits per heavy atom. The van der Waals surface area contributed by atoms with E-state index < -0.39 is 0 Å². The zero-order chi connectivity index (χ0) is 8.81. The standard InChI is InChI=1S/C10H13BrS/c1-2-7-12-8-9-3-5-10(11)6-4-9/h3-6H,2,7-8H2,1H3. The van der Waals surface area contributed by atoms with E-state index >= 15 is 0 Å². The number of benzene rings is 1. The van der Waals surface area contributed by atoms with Gasteiger partial charge in [0.2, 0.25) is 0 Å². The van der Waals surface area contributed by atoms with Gasteiger partial charge < -0.3 is 0 Å². The minimum atomic E-state index is 1.14. The second kappa shape index (κ2) is 5.65. The molecule has 1 aromatic rings. The van der Waals surface area contributed by atoms with Crippen molar-refractivity contribution in [2.75, 3.05) is 5.75 Å². The van der Waals surface area contributed by atoms with E-state index in [0.29, 0.717) is 0 Å². The summed E-state index contributed by atoms with van der Waals surface area (Å²) >= 11 is 5.42. The summed E-state index contributed by atoms with van der Waals surface area (Å²) in [5.41, 5.74) is 1.41. The number of thioether (sulfide) groups is 1. The minimum absolute atomic E-state index is 1.14. The number of hydrogen-bond donors (Lipinski definition) is 0. The average molecular weight is 245 g/mol. The zero-order valence-corrected chi connectivity index (χ0v) is 9.62. The van der Waals surface area contributed by atoms with E-state index in [1.165, 1.54) is 17.7 Å². The fraction of sp³-hybridized carbons (Fsp3) is 0.400. The molecule has 0 saturated carbocycles. The minimum Gasteiger partial charge on any atom is -0.157 e. The van der Waals surface area contributed by atoms with Crippen molar-refractivity contribution in [3.63, 3.8) is 0 Å². The molecule has 12 heavy (non-hydrogen) atoms. The number of hydrogen-bond acceptors (Lipinski definition) is 1. The van der Waals surface area contributed by atoms with Gasteiger partial charge in [-0.15, -0.1) is 0 Å². The quantitative estimate of drug-likeness (QED) is 0.720. The molecule has 0 spiro atoms. The normalized spacial score (nSPS) is 10.2. The molecule has 0 aromatic heterocycles. The molecule has 0 unspecified atom stereocenters. The van der Waals surface area contributed by atoms with Crippen LogP contribution in [-0.4, -0.2) is 5.75 Å². The first-order chi connectivity index (χ1) is 5.83. The van der Waals surface area contributed by atoms with Crippen molar-refractivity contribution in [2.24, 2.45) is 0 Å². The van der Waals surface area contributed by atoms with Gasteiger partial charge in [0.25, 0.3) is 0 Å². The topological polar surface area (TPSA) is 0 Å². The Labute approximate surface area is 86.9 Å². The molecule has 0 heterocycles. The molecule has 1 aromatic carbocycles. The van der Waals surface area contributed by atoms with Gasteiger partial charge >= 0.3 is 0 Å². The van der Waals surface area contributed by atoms with Crippen LogP contribution in [0, 0.1) is 0 Å². The summed E-state index contributed by atoms with van der Waals surface area (Å²) in [6.07, 6.45) is 1.27. The molecule has 0 N–H and O–H groups in total. The fourth-order valence-electron chi connectivity index (χ4n) is 0.915. The smallest absolute Gasteiger partial charge is 0.0184 e. The van der Waals surface area contributed by atoms with Gasteiger partial charge in [0.1, 0.15) is 0 Å². The predicted octanol–water partition coefficient (Wildman–Crippen LogP) is 4.09. The second-order valence-corrected chi connectivity index (χ2v) is 4.70. The third kappa shape index (κ3) is 3.63. The first-order valence-electron chi connectivity index (χ1n) is 4.15. The monoisotopic (exact) mass is 244 g/mol. The largest absolute Gasteiger partial charge is 0.157 e. The Kier molecular flexibility index (Phi) is 4.77. The molecular formula is C10H13BrS. The maximum absolute atomic E-state index is 3.42. The van der Waals surface area contributed by atoms with E-state index in [9.17, 15) is 0 Å². The molecule has 0 fully saturated rings. The van der Waals surface area contributed by atoms with Crippen LogP contribution in [0.3, 0.4) is 0 Å². The maximum Gasteiger partial charge on any atom is 0.0184 e. The summed E-state index contributed by atoms with van der Waals surface area (Å²) < 4.78 is 1.16. The molecule has 1 rings (SSSR count). The first-order valence-corrected chi connectivity index (χ1v) is 6.10. The second-order valence-electron chi connectivity index (χ2n) is 2.68. The third-order valence-corrected chi connectivity index (χ3v) is 3.29. The predicted molar refractivity (Wildman–Crippen MR) is 60.6 cm³/mol. The summed E-state index contributed by atoms with van der Waals surface area (Å²) in [6.45, 7) is 2.22. The van der Waals surface area contributed by atoms with Gasteiger partial charge in [-0.05, 0) is 29.9 Å². The summed E-state index contributed by atoms with van der Waals surface area (Å²) in [7, 11) is 0. The molecule has 0 saturated heterocycles. The van der Waals surface area contributed by atoms with Crippen molar-refractivity contribution in [3.8, 4) is 0 Å². The van der Waals surface area contributed by atoms with Crippen LogP contribution in [0.5, 0.6) is 0 Å². The molecule has 0 radical (unpaired) electrons. The van der Waals surface area contributed by atoms with Gasteiger partial charge in [-0.2, -0.15) is 11.8 Å². The van der Waals surface area contributed by atoms with Crippen molar-refractivity contribution in [3.05, 3.63) is 34.3 Å². The number of halogens is 1. The molecule has 0 aliphatic rings. The van der Waals surface area contributed by atoms with Crippen LogP contribution in [0.25, 0.3) is 0 Å². The van der Waals surface area contributed by atoms with E-state index in [4.69, 9.17) is 0 Å². The van der Waals surface area contributed by atoms with Crippen molar-refractivity contribution in [1.82, 2.24) is 0 Å². The summed E-state index contributed by atoms with van der Waals surface area (Å²) in [4.78, 5) is 0. The van der Waals surface area contributed by atoms with Gasteiger partial charge in [0, 0.05) is 10.2 Å². The highest BCUT2D eigenvalue weighted by atomic mass is 79.9. The lowest BCUT2D eigenvalue weighted by Gasteiger charge is -1.99. The summed E-state index contributed by atoms with van der Waals surface area (Å²) in [5, 5.41) is 0. The lowest BCUT2D eigenvalue weighted by Crippen LogP contribution is -1.81. The number of rotatable bonds is 4. The van der Waals surface area contributed by atoms with E-state index in [2.05, 4.69) is 47.1 Å². The molecule has 0 nitrogen and oxygen atoms in total. The molecule has 0 amide bonds. The van der Waals surface area contributed by atoms with E-state index in [1.807, 2.05) is 11.8 Å². The zero-order valence-electron chi connectivity index (χ0n) is 7.22. The third-order valence-electron chi connectivity index (χ3n) is 1.53. The SMILES string of the molecule is CCCSCc1ccc(Br)cc1. The molecule has 66 valence electrons. The van der Waals surface area contributed by atoms with Crippen molar-refractivity contribution >= 4 is 27.7 Å². The highest BCUT2D eigenvalue weighted by Crippen LogP contribution is 2.16. The lowest BCUT2D eigenvalue weighted by atomic mass is 10.2. The molecular weight excluding hydrogens is 232 g/mol. The van der Waals surface area contributed by atoms with Crippen molar-refractivity contribution < 1.29 is 0 Å². The first kappa shape index (κ1) is 10.1.